The zero-order chi connectivity index (χ0) is 63.2. The number of carbonyl (C=O) groups is 4. The fourth-order valence-corrected chi connectivity index (χ4v) is 13.1. The fraction of sp³-hybridized carbons (Fsp3) is 0.0571. The fourth-order valence-electron chi connectivity index (χ4n) is 13.1. The van der Waals surface area contributed by atoms with E-state index in [-0.39, 0.29) is 107 Å². The van der Waals surface area contributed by atoms with Crippen LogP contribution in [0.3, 0.4) is 0 Å². The van der Waals surface area contributed by atoms with Crippen molar-refractivity contribution in [2.24, 2.45) is 17.0 Å². The molecular formula is C70H40N10O12. The van der Waals surface area contributed by atoms with Gasteiger partial charge in [0.1, 0.15) is 34.6 Å². The number of imide groups is 2. The third-order valence-corrected chi connectivity index (χ3v) is 17.8. The van der Waals surface area contributed by atoms with E-state index in [1.54, 1.807) is 78.9 Å². The molecule has 13 aromatic rings. The van der Waals surface area contributed by atoms with E-state index < -0.39 is 45.9 Å². The Bertz CT molecular complexity index is 5930. The lowest BCUT2D eigenvalue weighted by Gasteiger charge is -2.14. The van der Waals surface area contributed by atoms with Crippen molar-refractivity contribution in [1.82, 2.24) is 29.1 Å². The number of H-pyrrole nitrogens is 2. The minimum Gasteiger partial charge on any atom is -0.507 e. The molecule has 0 spiro atoms. The molecule has 92 heavy (non-hydrogen) atoms. The molecule has 0 radical (unpaired) electrons. The van der Waals surface area contributed by atoms with E-state index >= 15 is 0 Å². The van der Waals surface area contributed by atoms with Gasteiger partial charge in [-0.3, -0.25) is 52.9 Å². The Kier molecular flexibility index (Phi) is 10.9. The number of fused-ring (bicyclic) bond motifs is 8. The number of nitrogens with one attached hydrogen (secondary N) is 2. The van der Waals surface area contributed by atoms with E-state index in [0.717, 1.165) is 35.6 Å². The minimum absolute atomic E-state index is 0.00637. The maximum absolute atomic E-state index is 14.3. The van der Waals surface area contributed by atoms with Gasteiger partial charge >= 0.3 is 0 Å². The van der Waals surface area contributed by atoms with Crippen molar-refractivity contribution in [3.8, 4) is 62.6 Å². The zero-order valence-electron chi connectivity index (χ0n) is 47.9. The maximum Gasteiger partial charge on any atom is 0.266 e. The highest BCUT2D eigenvalue weighted by molar-refractivity contribution is 6.36. The van der Waals surface area contributed by atoms with Gasteiger partial charge in [-0.1, -0.05) is 30.3 Å². The molecule has 9 aromatic carbocycles. The number of nitrogens with zero attached hydrogens (tertiary/aromatic N) is 8. The first-order valence-electron chi connectivity index (χ1n) is 28.8. The summed E-state index contributed by atoms with van der Waals surface area (Å²) in [7, 11) is 1.32. The second-order valence-corrected chi connectivity index (χ2v) is 23.2. The normalized spacial score (nSPS) is 14.2. The van der Waals surface area contributed by atoms with Gasteiger partial charge in [-0.25, -0.2) is 24.3 Å². The van der Waals surface area contributed by atoms with Gasteiger partial charge in [-0.2, -0.15) is 0 Å². The van der Waals surface area contributed by atoms with E-state index in [2.05, 4.69) is 19.9 Å². The molecule has 0 fully saturated rings. The molecule has 442 valence electrons. The summed E-state index contributed by atoms with van der Waals surface area (Å²) in [4.78, 5) is 136. The largest absolute Gasteiger partial charge is 0.507 e. The lowest BCUT2D eigenvalue weighted by Crippen LogP contribution is -2.29. The Hall–Kier alpha value is -13.0. The molecule has 8 heterocycles. The Balaban J connectivity index is 0.595. The third-order valence-electron chi connectivity index (χ3n) is 17.8. The summed E-state index contributed by atoms with van der Waals surface area (Å²) in [5.41, 5.74) is 7.22. The van der Waals surface area contributed by atoms with Crippen LogP contribution in [-0.4, -0.2) is 84.5 Å². The molecule has 0 saturated carbocycles. The van der Waals surface area contributed by atoms with Gasteiger partial charge in [-0.05, 0) is 150 Å². The molecule has 0 unspecified atom stereocenters. The average molecular weight is 1210 g/mol. The Morgan fingerprint density at radius 1 is 0.391 bits per heavy atom. The van der Waals surface area contributed by atoms with Gasteiger partial charge in [0.2, 0.25) is 0 Å². The standard InChI is InChI=1S/C70H40N10O12/c1-29-3-13-49-55(15-29)75-61(73-49)47-27-57(81)45(25-59(47)83)53-18-32-4-8-34(20-51(32)71-53)78-65(87)37-11-6-30(16-39(37)67(78)89)31-7-12-38-40(17-31)68(90)79(66(38)88)36-10-14-50-56(22-36)76-62(74-50)48-28-58(82)46(26-60(48)84)54-19-33-5-9-35(21-52(33)72-54)80-69(91)43-23-41-42(24-44(43)70(80)92)64(86)77(2)63(41)85/h3-17,20-28,81-84H,18-19H2,1-2H3,(H,73,75)(H,74,76). The number of hydrogen-bond acceptors (Lipinski definition) is 16. The molecule has 4 aromatic heterocycles. The van der Waals surface area contributed by atoms with Crippen molar-refractivity contribution in [3.63, 3.8) is 0 Å². The zero-order valence-corrected chi connectivity index (χ0v) is 47.9. The number of carbonyl (C=O) groups excluding carboxylic acids is 4. The van der Waals surface area contributed by atoms with Gasteiger partial charge in [0, 0.05) is 31.0 Å². The summed E-state index contributed by atoms with van der Waals surface area (Å²) >= 11 is 0. The first-order chi connectivity index (χ1) is 44.3. The number of hydrogen-bond donors (Lipinski definition) is 6. The van der Waals surface area contributed by atoms with E-state index in [1.807, 2.05) is 25.1 Å². The third kappa shape index (κ3) is 7.66. The summed E-state index contributed by atoms with van der Waals surface area (Å²) < 4.78 is 1.88. The predicted octanol–water partition coefficient (Wildman–Crippen LogP) is 9.28. The van der Waals surface area contributed by atoms with E-state index in [9.17, 15) is 58.8 Å². The van der Waals surface area contributed by atoms with E-state index in [1.165, 1.54) is 55.6 Å². The SMILES string of the molecule is Cc1ccc2[nH]c(-c3cc(O)c(C4=Nc5cc(N6C(=O)c7ccc(-c8ccc9c(c8)C(=O)N(c8ccc%10[nH]c(-c%11cc(O)c(C%12=Nc%13cc(-n%14c(=O)c%15cc%16c(=O)n(C)c(=O)c%16cc%15c%14=O)ccc%13C%12)cc%11O)nc%10c8)C9=O)cc7C6=O)ccc5C4)cc3O)nc2c1. The molecule has 0 saturated heterocycles. The van der Waals surface area contributed by atoms with Crippen molar-refractivity contribution in [3.05, 3.63) is 237 Å². The van der Waals surface area contributed by atoms with Crippen LogP contribution in [0.5, 0.6) is 23.0 Å². The number of rotatable bonds is 8. The van der Waals surface area contributed by atoms with Crippen molar-refractivity contribution >= 4 is 101 Å². The van der Waals surface area contributed by atoms with Crippen LogP contribution >= 0.6 is 0 Å². The highest BCUT2D eigenvalue weighted by atomic mass is 16.3. The number of aryl methyl sites for hydroxylation is 1. The predicted molar refractivity (Wildman–Crippen MR) is 342 cm³/mol. The molecule has 4 aliphatic rings. The van der Waals surface area contributed by atoms with Crippen LogP contribution in [-0.2, 0) is 19.9 Å². The smallest absolute Gasteiger partial charge is 0.266 e. The number of amides is 4. The lowest BCUT2D eigenvalue weighted by molar-refractivity contribution is 0.0910. The van der Waals surface area contributed by atoms with Gasteiger partial charge in [0.15, 0.2) is 0 Å². The Morgan fingerprint density at radius 2 is 0.804 bits per heavy atom. The summed E-state index contributed by atoms with van der Waals surface area (Å²) in [5, 5.41) is 45.4. The molecule has 4 amide bonds. The van der Waals surface area contributed by atoms with Crippen LogP contribution in [0.1, 0.15) is 69.2 Å². The van der Waals surface area contributed by atoms with Crippen molar-refractivity contribution in [2.75, 3.05) is 9.80 Å². The quantitative estimate of drug-likeness (QED) is 0.0610. The minimum atomic E-state index is -0.670. The molecule has 17 rings (SSSR count). The van der Waals surface area contributed by atoms with Gasteiger partial charge in [-0.15, -0.1) is 0 Å². The molecule has 4 aliphatic heterocycles. The van der Waals surface area contributed by atoms with Crippen molar-refractivity contribution in [2.45, 2.75) is 19.8 Å². The van der Waals surface area contributed by atoms with Gasteiger partial charge in [0.05, 0.1) is 117 Å². The number of phenolic OH excluding ortho intramolecular Hbond substituents is 4. The first-order valence-corrected chi connectivity index (χ1v) is 28.8. The molecular weight excluding hydrogens is 1170 g/mol. The average Bonchev–Trinajstić information content (AvgIpc) is 1.59. The second-order valence-electron chi connectivity index (χ2n) is 23.2. The molecule has 0 aliphatic carbocycles. The van der Waals surface area contributed by atoms with Crippen LogP contribution in [0.4, 0.5) is 22.7 Å². The highest BCUT2D eigenvalue weighted by Gasteiger charge is 2.40. The number of aromatic hydroxyl groups is 4. The van der Waals surface area contributed by atoms with Crippen LogP contribution in [0.15, 0.2) is 175 Å². The van der Waals surface area contributed by atoms with Crippen LogP contribution in [0.25, 0.3) is 83.2 Å². The van der Waals surface area contributed by atoms with E-state index in [4.69, 9.17) is 9.98 Å². The Morgan fingerprint density at radius 3 is 1.33 bits per heavy atom. The number of phenols is 4. The van der Waals surface area contributed by atoms with Gasteiger partial charge in [0.25, 0.3) is 45.9 Å². The van der Waals surface area contributed by atoms with E-state index in [0.29, 0.717) is 79.4 Å². The summed E-state index contributed by atoms with van der Waals surface area (Å²) in [5.74, 6) is -2.55. The first kappa shape index (κ1) is 53.3. The number of anilines is 2. The molecule has 0 atom stereocenters. The van der Waals surface area contributed by atoms with Crippen LogP contribution in [0.2, 0.25) is 0 Å². The molecule has 22 heteroatoms. The molecule has 22 nitrogen and oxygen atoms in total. The number of aromatic amines is 2. The number of imidazole rings is 2. The maximum atomic E-state index is 14.3. The van der Waals surface area contributed by atoms with Gasteiger partial charge < -0.3 is 30.4 Å². The highest BCUT2D eigenvalue weighted by Crippen LogP contribution is 2.43. The van der Waals surface area contributed by atoms with Crippen LogP contribution in [0, 0.1) is 6.92 Å². The number of aliphatic imine (C=N–C) groups is 2. The Labute approximate surface area is 514 Å². The number of benzene rings is 9. The molecule has 0 bridgehead atoms. The van der Waals surface area contributed by atoms with Crippen molar-refractivity contribution in [1.29, 1.82) is 0 Å². The lowest BCUT2D eigenvalue weighted by atomic mass is 9.97. The van der Waals surface area contributed by atoms with Crippen LogP contribution < -0.4 is 32.0 Å². The summed E-state index contributed by atoms with van der Waals surface area (Å²) in [6, 6.07) is 38.0. The molecule has 6 N–H and O–H groups in total. The second kappa shape index (κ2) is 18.8. The monoisotopic (exact) mass is 1210 g/mol. The summed E-state index contributed by atoms with van der Waals surface area (Å²) in [6.45, 7) is 1.96. The number of aromatic nitrogens is 6. The van der Waals surface area contributed by atoms with Crippen molar-refractivity contribution < 1.29 is 39.6 Å². The summed E-state index contributed by atoms with van der Waals surface area (Å²) in [6.07, 6.45) is 0.528. The topological polar surface area (TPSA) is 316 Å².